The van der Waals surface area contributed by atoms with Crippen molar-refractivity contribution in [1.82, 2.24) is 10.6 Å². The zero-order chi connectivity index (χ0) is 10.5. The lowest BCUT2D eigenvalue weighted by Crippen LogP contribution is -2.21. The van der Waals surface area contributed by atoms with E-state index in [4.69, 9.17) is 11.0 Å². The molecular weight excluding hydrogens is 176 g/mol. The molecule has 0 aromatic heterocycles. The Morgan fingerprint density at radius 2 is 1.50 bits per heavy atom. The van der Waals surface area contributed by atoms with Crippen molar-refractivity contribution < 1.29 is 0 Å². The molecule has 0 saturated heterocycles. The van der Waals surface area contributed by atoms with Gasteiger partial charge in [0.05, 0.1) is 6.07 Å². The second kappa shape index (κ2) is 12.4. The van der Waals surface area contributed by atoms with E-state index in [2.05, 4.69) is 16.7 Å². The predicted molar refractivity (Wildman–Crippen MR) is 58.9 cm³/mol. The molecule has 0 bridgehead atoms. The molecule has 0 unspecified atom stereocenters. The Bertz CT molecular complexity index is 142. The summed E-state index contributed by atoms with van der Waals surface area (Å²) in [7, 11) is 0. The summed E-state index contributed by atoms with van der Waals surface area (Å²) >= 11 is 0. The molecule has 0 aromatic rings. The van der Waals surface area contributed by atoms with Crippen LogP contribution in [0.3, 0.4) is 0 Å². The van der Waals surface area contributed by atoms with E-state index in [0.29, 0.717) is 6.42 Å². The molecule has 0 aliphatic rings. The number of hydrogen-bond donors (Lipinski definition) is 3. The van der Waals surface area contributed by atoms with Gasteiger partial charge in [0.2, 0.25) is 0 Å². The van der Waals surface area contributed by atoms with E-state index in [1.165, 1.54) is 12.8 Å². The highest BCUT2D eigenvalue weighted by molar-refractivity contribution is 4.69. The van der Waals surface area contributed by atoms with Crippen molar-refractivity contribution in [3.8, 4) is 6.07 Å². The summed E-state index contributed by atoms with van der Waals surface area (Å²) in [4.78, 5) is 0. The van der Waals surface area contributed by atoms with Gasteiger partial charge in [0.1, 0.15) is 0 Å². The largest absolute Gasteiger partial charge is 0.330 e. The molecule has 0 amide bonds. The van der Waals surface area contributed by atoms with Crippen LogP contribution < -0.4 is 16.4 Å². The third-order valence-electron chi connectivity index (χ3n) is 1.93. The number of rotatable bonds is 10. The lowest BCUT2D eigenvalue weighted by molar-refractivity contribution is 0.578. The fourth-order valence-corrected chi connectivity index (χ4v) is 1.12. The van der Waals surface area contributed by atoms with Crippen LogP contribution in [0.2, 0.25) is 0 Å². The van der Waals surface area contributed by atoms with Crippen molar-refractivity contribution in [3.63, 3.8) is 0 Å². The lowest BCUT2D eigenvalue weighted by atomic mass is 10.3. The molecule has 0 spiro atoms. The first-order valence-corrected chi connectivity index (χ1v) is 5.40. The molecule has 0 saturated carbocycles. The molecule has 4 heteroatoms. The topological polar surface area (TPSA) is 73.9 Å². The third-order valence-corrected chi connectivity index (χ3v) is 1.93. The maximum Gasteiger partial charge on any atom is 0.0635 e. The average molecular weight is 198 g/mol. The molecule has 4 N–H and O–H groups in total. The normalized spacial score (nSPS) is 10.0. The van der Waals surface area contributed by atoms with E-state index < -0.39 is 0 Å². The summed E-state index contributed by atoms with van der Waals surface area (Å²) in [6, 6.07) is 2.11. The van der Waals surface area contributed by atoms with Gasteiger partial charge in [0.15, 0.2) is 0 Å². The Balaban J connectivity index is 2.82. The summed E-state index contributed by atoms with van der Waals surface area (Å²) in [5.74, 6) is 0. The second-order valence-electron chi connectivity index (χ2n) is 3.26. The summed E-state index contributed by atoms with van der Waals surface area (Å²) in [5, 5.41) is 14.8. The SMILES string of the molecule is N#CCCNCCCCNCCCN. The molecule has 0 atom stereocenters. The first-order chi connectivity index (χ1) is 6.91. The van der Waals surface area contributed by atoms with Crippen molar-refractivity contribution in [2.24, 2.45) is 5.73 Å². The van der Waals surface area contributed by atoms with E-state index in [9.17, 15) is 0 Å². The van der Waals surface area contributed by atoms with Gasteiger partial charge in [-0.25, -0.2) is 0 Å². The van der Waals surface area contributed by atoms with Gasteiger partial charge in [0.25, 0.3) is 0 Å². The van der Waals surface area contributed by atoms with Crippen LogP contribution in [0.1, 0.15) is 25.7 Å². The Hall–Kier alpha value is -0.630. The van der Waals surface area contributed by atoms with Crippen molar-refractivity contribution in [3.05, 3.63) is 0 Å². The van der Waals surface area contributed by atoms with Crippen molar-refractivity contribution in [2.75, 3.05) is 32.7 Å². The molecule has 0 aromatic carbocycles. The number of nitrogens with one attached hydrogen (secondary N) is 2. The van der Waals surface area contributed by atoms with Gasteiger partial charge in [-0.2, -0.15) is 5.26 Å². The fourth-order valence-electron chi connectivity index (χ4n) is 1.12. The van der Waals surface area contributed by atoms with E-state index in [1.54, 1.807) is 0 Å². The average Bonchev–Trinajstić information content (AvgIpc) is 2.21. The molecular formula is C10H22N4. The van der Waals surface area contributed by atoms with Crippen LogP contribution in [0.15, 0.2) is 0 Å². The summed E-state index contributed by atoms with van der Waals surface area (Å²) in [6.45, 7) is 4.69. The molecule has 82 valence electrons. The van der Waals surface area contributed by atoms with Crippen LogP contribution in [-0.2, 0) is 0 Å². The third kappa shape index (κ3) is 11.4. The molecule has 4 nitrogen and oxygen atoms in total. The molecule has 0 rings (SSSR count). The minimum absolute atomic E-state index is 0.606. The monoisotopic (exact) mass is 198 g/mol. The van der Waals surface area contributed by atoms with Crippen LogP contribution in [0.25, 0.3) is 0 Å². The summed E-state index contributed by atoms with van der Waals surface area (Å²) in [6.07, 6.45) is 4.01. The van der Waals surface area contributed by atoms with Crippen LogP contribution >= 0.6 is 0 Å². The molecule has 0 heterocycles. The number of unbranched alkanes of at least 4 members (excludes halogenated alkanes) is 1. The van der Waals surface area contributed by atoms with Gasteiger partial charge in [-0.3, -0.25) is 0 Å². The molecule has 0 aliphatic carbocycles. The minimum Gasteiger partial charge on any atom is -0.330 e. The highest BCUT2D eigenvalue weighted by atomic mass is 14.9. The first kappa shape index (κ1) is 13.4. The predicted octanol–water partition coefficient (Wildman–Crippen LogP) is 0.208. The molecule has 0 radical (unpaired) electrons. The Morgan fingerprint density at radius 1 is 0.929 bits per heavy atom. The van der Waals surface area contributed by atoms with Crippen molar-refractivity contribution in [2.45, 2.75) is 25.7 Å². The highest BCUT2D eigenvalue weighted by Gasteiger charge is 1.89. The Morgan fingerprint density at radius 3 is 2.07 bits per heavy atom. The Labute approximate surface area is 86.9 Å². The maximum absolute atomic E-state index is 8.28. The fraction of sp³-hybridized carbons (Fsp3) is 0.900. The van der Waals surface area contributed by atoms with E-state index >= 15 is 0 Å². The number of nitrogens with two attached hydrogens (primary N) is 1. The van der Waals surface area contributed by atoms with Gasteiger partial charge in [-0.05, 0) is 45.4 Å². The van der Waals surface area contributed by atoms with Crippen LogP contribution in [0.5, 0.6) is 0 Å². The second-order valence-corrected chi connectivity index (χ2v) is 3.26. The summed E-state index contributed by atoms with van der Waals surface area (Å²) < 4.78 is 0. The van der Waals surface area contributed by atoms with Gasteiger partial charge in [-0.1, -0.05) is 0 Å². The van der Waals surface area contributed by atoms with E-state index in [1.807, 2.05) is 0 Å². The highest BCUT2D eigenvalue weighted by Crippen LogP contribution is 1.85. The number of nitriles is 1. The van der Waals surface area contributed by atoms with Crippen LogP contribution in [0, 0.1) is 11.3 Å². The zero-order valence-electron chi connectivity index (χ0n) is 8.89. The number of hydrogen-bond acceptors (Lipinski definition) is 4. The van der Waals surface area contributed by atoms with Crippen molar-refractivity contribution >= 4 is 0 Å². The van der Waals surface area contributed by atoms with E-state index in [-0.39, 0.29) is 0 Å². The summed E-state index contributed by atoms with van der Waals surface area (Å²) in [5.41, 5.74) is 5.36. The first-order valence-electron chi connectivity index (χ1n) is 5.40. The molecule has 14 heavy (non-hydrogen) atoms. The van der Waals surface area contributed by atoms with Gasteiger partial charge < -0.3 is 16.4 Å². The molecule has 0 aliphatic heterocycles. The van der Waals surface area contributed by atoms with Crippen LogP contribution in [-0.4, -0.2) is 32.7 Å². The quantitative estimate of drug-likeness (QED) is 0.439. The van der Waals surface area contributed by atoms with Gasteiger partial charge in [-0.15, -0.1) is 0 Å². The minimum atomic E-state index is 0.606. The molecule has 0 fully saturated rings. The standard InChI is InChI=1S/C10H22N4/c11-5-3-9-13-7-1-2-8-14-10-4-6-12/h13-14H,1-5,7-11H2. The Kier molecular flexibility index (Phi) is 11.8. The van der Waals surface area contributed by atoms with Gasteiger partial charge >= 0.3 is 0 Å². The lowest BCUT2D eigenvalue weighted by Gasteiger charge is -2.04. The van der Waals surface area contributed by atoms with E-state index in [0.717, 1.165) is 39.1 Å². The van der Waals surface area contributed by atoms with Crippen LogP contribution in [0.4, 0.5) is 0 Å². The maximum atomic E-state index is 8.28. The van der Waals surface area contributed by atoms with Gasteiger partial charge in [0, 0.05) is 13.0 Å². The smallest absolute Gasteiger partial charge is 0.0635 e. The number of nitrogens with zero attached hydrogens (tertiary/aromatic N) is 1. The zero-order valence-corrected chi connectivity index (χ0v) is 8.89. The van der Waals surface area contributed by atoms with Crippen molar-refractivity contribution in [1.29, 1.82) is 5.26 Å².